The van der Waals surface area contributed by atoms with Gasteiger partial charge in [0.15, 0.2) is 5.69 Å². The van der Waals surface area contributed by atoms with Gasteiger partial charge < -0.3 is 14.8 Å². The van der Waals surface area contributed by atoms with Gasteiger partial charge >= 0.3 is 0 Å². The van der Waals surface area contributed by atoms with E-state index in [9.17, 15) is 4.79 Å². The van der Waals surface area contributed by atoms with Crippen LogP contribution in [0.2, 0.25) is 5.02 Å². The van der Waals surface area contributed by atoms with Crippen molar-refractivity contribution in [3.05, 3.63) is 64.7 Å². The van der Waals surface area contributed by atoms with Crippen molar-refractivity contribution in [3.63, 3.8) is 0 Å². The molecule has 2 aromatic heterocycles. The third-order valence-corrected chi connectivity index (χ3v) is 4.50. The Kier molecular flexibility index (Phi) is 5.56. The number of fused-ring (bicyclic) bond motifs is 1. The predicted octanol–water partition coefficient (Wildman–Crippen LogP) is 2.97. The second-order valence-corrected chi connectivity index (χ2v) is 6.72. The maximum absolute atomic E-state index is 12.7. The van der Waals surface area contributed by atoms with Gasteiger partial charge in [-0.15, -0.1) is 0 Å². The topological polar surface area (TPSA) is 69.9 Å². The molecular formula is C19H21ClN4O2. The van der Waals surface area contributed by atoms with Crippen molar-refractivity contribution in [2.45, 2.75) is 13.5 Å². The SMILES string of the molecule is Cc1ccn2cnc(C(=O)Nc3ccc(Cl)c(CN(C)CCO)c3)c2c1. The molecule has 3 rings (SSSR count). The van der Waals surface area contributed by atoms with E-state index in [-0.39, 0.29) is 12.5 Å². The van der Waals surface area contributed by atoms with Gasteiger partial charge in [0.2, 0.25) is 0 Å². The monoisotopic (exact) mass is 372 g/mol. The van der Waals surface area contributed by atoms with Gasteiger partial charge in [0, 0.05) is 30.0 Å². The zero-order chi connectivity index (χ0) is 18.7. The van der Waals surface area contributed by atoms with Gasteiger partial charge in [-0.3, -0.25) is 9.69 Å². The molecule has 0 aliphatic carbocycles. The lowest BCUT2D eigenvalue weighted by Crippen LogP contribution is -2.21. The Bertz CT molecular complexity index is 938. The fourth-order valence-corrected chi connectivity index (χ4v) is 2.95. The number of hydrogen-bond acceptors (Lipinski definition) is 4. The number of nitrogens with one attached hydrogen (secondary N) is 1. The van der Waals surface area contributed by atoms with E-state index in [4.69, 9.17) is 16.7 Å². The molecule has 0 aliphatic heterocycles. The summed E-state index contributed by atoms with van der Waals surface area (Å²) < 4.78 is 1.82. The van der Waals surface area contributed by atoms with Gasteiger partial charge in [0.25, 0.3) is 5.91 Å². The number of carbonyl (C=O) groups excluding carboxylic acids is 1. The molecule has 1 amide bonds. The third kappa shape index (κ3) is 4.04. The normalized spacial score (nSPS) is 11.3. The molecule has 3 aromatic rings. The molecule has 0 saturated heterocycles. The second-order valence-electron chi connectivity index (χ2n) is 6.31. The molecule has 2 heterocycles. The highest BCUT2D eigenvalue weighted by Crippen LogP contribution is 2.23. The van der Waals surface area contributed by atoms with E-state index in [1.807, 2.05) is 47.7 Å². The predicted molar refractivity (Wildman–Crippen MR) is 103 cm³/mol. The molecule has 0 fully saturated rings. The van der Waals surface area contributed by atoms with E-state index < -0.39 is 0 Å². The maximum atomic E-state index is 12.7. The number of pyridine rings is 1. The Morgan fingerprint density at radius 3 is 2.92 bits per heavy atom. The standard InChI is InChI=1S/C19H21ClN4O2/c1-13-5-6-24-12-21-18(17(24)9-13)19(26)22-15-3-4-16(20)14(10-15)11-23(2)7-8-25/h3-6,9-10,12,25H,7-8,11H2,1-2H3,(H,22,26). The number of imidazole rings is 1. The van der Waals surface area contributed by atoms with Crippen molar-refractivity contribution in [3.8, 4) is 0 Å². The number of nitrogens with zero attached hydrogens (tertiary/aromatic N) is 3. The van der Waals surface area contributed by atoms with Crippen molar-refractivity contribution in [2.75, 3.05) is 25.5 Å². The Morgan fingerprint density at radius 1 is 1.35 bits per heavy atom. The number of hydrogen-bond donors (Lipinski definition) is 2. The van der Waals surface area contributed by atoms with Crippen molar-refractivity contribution in [2.24, 2.45) is 0 Å². The van der Waals surface area contributed by atoms with Crippen LogP contribution in [0.3, 0.4) is 0 Å². The zero-order valence-electron chi connectivity index (χ0n) is 14.7. The number of aliphatic hydroxyl groups is 1. The molecule has 0 saturated carbocycles. The molecule has 0 atom stereocenters. The number of aromatic nitrogens is 2. The van der Waals surface area contributed by atoms with Crippen LogP contribution < -0.4 is 5.32 Å². The molecule has 0 spiro atoms. The highest BCUT2D eigenvalue weighted by Gasteiger charge is 2.14. The van der Waals surface area contributed by atoms with Crippen LogP contribution in [-0.2, 0) is 6.54 Å². The van der Waals surface area contributed by atoms with Crippen molar-refractivity contribution >= 4 is 28.7 Å². The number of benzene rings is 1. The third-order valence-electron chi connectivity index (χ3n) is 4.14. The van der Waals surface area contributed by atoms with Crippen molar-refractivity contribution in [1.82, 2.24) is 14.3 Å². The summed E-state index contributed by atoms with van der Waals surface area (Å²) in [7, 11) is 1.90. The first kappa shape index (κ1) is 18.4. The fraction of sp³-hybridized carbons (Fsp3) is 0.263. The lowest BCUT2D eigenvalue weighted by Gasteiger charge is -2.17. The zero-order valence-corrected chi connectivity index (χ0v) is 15.5. The van der Waals surface area contributed by atoms with Gasteiger partial charge in [0.05, 0.1) is 12.1 Å². The number of aliphatic hydroxyl groups excluding tert-OH is 1. The van der Waals surface area contributed by atoms with E-state index in [2.05, 4.69) is 10.3 Å². The van der Waals surface area contributed by atoms with Gasteiger partial charge in [-0.2, -0.15) is 0 Å². The van der Waals surface area contributed by atoms with E-state index >= 15 is 0 Å². The molecule has 0 unspecified atom stereocenters. The van der Waals surface area contributed by atoms with Crippen LogP contribution in [-0.4, -0.2) is 45.5 Å². The lowest BCUT2D eigenvalue weighted by molar-refractivity contribution is 0.102. The number of carbonyl (C=O) groups is 1. The van der Waals surface area contributed by atoms with Gasteiger partial charge in [-0.05, 0) is 55.4 Å². The number of anilines is 1. The first-order valence-corrected chi connectivity index (χ1v) is 8.68. The minimum atomic E-state index is -0.268. The highest BCUT2D eigenvalue weighted by atomic mass is 35.5. The molecule has 1 aromatic carbocycles. The minimum absolute atomic E-state index is 0.0807. The number of amides is 1. The Balaban J connectivity index is 1.81. The summed E-state index contributed by atoms with van der Waals surface area (Å²) in [6.45, 7) is 3.18. The summed E-state index contributed by atoms with van der Waals surface area (Å²) in [5.74, 6) is -0.268. The number of aryl methyl sites for hydroxylation is 1. The Hall–Kier alpha value is -2.41. The largest absolute Gasteiger partial charge is 0.395 e. The molecule has 0 bridgehead atoms. The van der Waals surface area contributed by atoms with Gasteiger partial charge in [0.1, 0.15) is 6.33 Å². The molecular weight excluding hydrogens is 352 g/mol. The summed E-state index contributed by atoms with van der Waals surface area (Å²) in [6, 6.07) is 9.26. The van der Waals surface area contributed by atoms with Crippen LogP contribution in [0.15, 0.2) is 42.9 Å². The number of halogens is 1. The minimum Gasteiger partial charge on any atom is -0.395 e. The Labute approximate surface area is 157 Å². The smallest absolute Gasteiger partial charge is 0.276 e. The first-order chi connectivity index (χ1) is 12.5. The van der Waals surface area contributed by atoms with Crippen LogP contribution in [0.1, 0.15) is 21.6 Å². The quantitative estimate of drug-likeness (QED) is 0.698. The lowest BCUT2D eigenvalue weighted by atomic mass is 10.1. The Morgan fingerprint density at radius 2 is 2.15 bits per heavy atom. The molecule has 26 heavy (non-hydrogen) atoms. The average molecular weight is 373 g/mol. The molecule has 6 nitrogen and oxygen atoms in total. The van der Waals surface area contributed by atoms with Crippen LogP contribution in [0.4, 0.5) is 5.69 Å². The van der Waals surface area contributed by atoms with Crippen LogP contribution in [0.5, 0.6) is 0 Å². The first-order valence-electron chi connectivity index (χ1n) is 8.30. The van der Waals surface area contributed by atoms with E-state index in [1.165, 1.54) is 0 Å². The van der Waals surface area contributed by atoms with Crippen molar-refractivity contribution < 1.29 is 9.90 Å². The molecule has 136 valence electrons. The van der Waals surface area contributed by atoms with Crippen molar-refractivity contribution in [1.29, 1.82) is 0 Å². The number of likely N-dealkylation sites (N-methyl/N-ethyl adjacent to an activating group) is 1. The average Bonchev–Trinajstić information content (AvgIpc) is 3.01. The number of rotatable bonds is 6. The van der Waals surface area contributed by atoms with Crippen LogP contribution >= 0.6 is 11.6 Å². The molecule has 0 radical (unpaired) electrons. The van der Waals surface area contributed by atoms with E-state index in [1.54, 1.807) is 18.5 Å². The van der Waals surface area contributed by atoms with Crippen LogP contribution in [0, 0.1) is 6.92 Å². The summed E-state index contributed by atoms with van der Waals surface area (Å²) >= 11 is 6.25. The molecule has 0 aliphatic rings. The summed E-state index contributed by atoms with van der Waals surface area (Å²) in [6.07, 6.45) is 3.51. The summed E-state index contributed by atoms with van der Waals surface area (Å²) in [5.41, 5.74) is 3.74. The maximum Gasteiger partial charge on any atom is 0.276 e. The highest BCUT2D eigenvalue weighted by molar-refractivity contribution is 6.31. The fourth-order valence-electron chi connectivity index (χ4n) is 2.77. The van der Waals surface area contributed by atoms with Gasteiger partial charge in [-0.25, -0.2) is 4.98 Å². The molecule has 2 N–H and O–H groups in total. The van der Waals surface area contributed by atoms with Crippen LogP contribution in [0.25, 0.3) is 5.52 Å². The second kappa shape index (κ2) is 7.86. The summed E-state index contributed by atoms with van der Waals surface area (Å²) in [5, 5.41) is 12.5. The van der Waals surface area contributed by atoms with Gasteiger partial charge in [-0.1, -0.05) is 11.6 Å². The molecule has 7 heteroatoms. The van der Waals surface area contributed by atoms with E-state index in [0.717, 1.165) is 16.6 Å². The summed E-state index contributed by atoms with van der Waals surface area (Å²) in [4.78, 5) is 18.8. The van der Waals surface area contributed by atoms with E-state index in [0.29, 0.717) is 29.5 Å².